The van der Waals surface area contributed by atoms with E-state index in [1.54, 1.807) is 54.9 Å². The summed E-state index contributed by atoms with van der Waals surface area (Å²) in [6.45, 7) is 0.177. The molecule has 0 bridgehead atoms. The molecule has 0 aliphatic carbocycles. The summed E-state index contributed by atoms with van der Waals surface area (Å²) in [5.41, 5.74) is 1.15. The molecule has 0 N–H and O–H groups in total. The molecule has 2 aromatic heterocycles. The van der Waals surface area contributed by atoms with Crippen molar-refractivity contribution in [1.29, 1.82) is 0 Å². The lowest BCUT2D eigenvalue weighted by molar-refractivity contribution is 0.0944. The van der Waals surface area contributed by atoms with Gasteiger partial charge in [0.25, 0.3) is 5.91 Å². The Morgan fingerprint density at radius 3 is 2.91 bits per heavy atom. The van der Waals surface area contributed by atoms with Gasteiger partial charge in [-0.2, -0.15) is 5.10 Å². The fourth-order valence-corrected chi connectivity index (χ4v) is 2.26. The molecule has 0 amide bonds. The van der Waals surface area contributed by atoms with Crippen LogP contribution in [0.5, 0.6) is 11.5 Å². The number of carbonyl (C=O) groups is 1. The highest BCUT2D eigenvalue weighted by atomic mass is 16.7. The second kappa shape index (κ2) is 5.49. The molecular weight excluding hydrogens is 296 g/mol. The third-order valence-electron chi connectivity index (χ3n) is 3.40. The lowest BCUT2D eigenvalue weighted by Gasteiger charge is -2.02. The molecule has 6 nitrogen and oxygen atoms in total. The van der Waals surface area contributed by atoms with Crippen molar-refractivity contribution in [3.8, 4) is 11.5 Å². The van der Waals surface area contributed by atoms with E-state index in [1.807, 2.05) is 6.07 Å². The van der Waals surface area contributed by atoms with Crippen molar-refractivity contribution < 1.29 is 18.7 Å². The van der Waals surface area contributed by atoms with E-state index in [0.29, 0.717) is 22.8 Å². The number of furan rings is 1. The highest BCUT2D eigenvalue weighted by molar-refractivity contribution is 5.96. The zero-order valence-corrected chi connectivity index (χ0v) is 12.0. The number of carbonyl (C=O) groups excluding carboxylic acids is 1. The Hall–Kier alpha value is -3.28. The van der Waals surface area contributed by atoms with Gasteiger partial charge in [0.05, 0.1) is 12.0 Å². The van der Waals surface area contributed by atoms with E-state index in [0.717, 1.165) is 5.76 Å². The smallest absolute Gasteiger partial charge is 0.278 e. The fraction of sp³-hybridized carbons (Fsp3) is 0.0588. The van der Waals surface area contributed by atoms with Crippen molar-refractivity contribution in [2.45, 2.75) is 0 Å². The number of aromatic nitrogens is 2. The van der Waals surface area contributed by atoms with Crippen LogP contribution in [-0.2, 0) is 0 Å². The SMILES string of the molecule is O=C(c1ccc2c(c1)OCO2)n1ccc(/C=C/c2ccco2)n1. The minimum absolute atomic E-state index is 0.177. The molecule has 6 heteroatoms. The summed E-state index contributed by atoms with van der Waals surface area (Å²) in [4.78, 5) is 12.5. The van der Waals surface area contributed by atoms with Gasteiger partial charge in [-0.3, -0.25) is 4.79 Å². The van der Waals surface area contributed by atoms with Gasteiger partial charge in [0.15, 0.2) is 11.5 Å². The summed E-state index contributed by atoms with van der Waals surface area (Å²) in [6, 6.07) is 10.5. The first kappa shape index (κ1) is 13.4. The van der Waals surface area contributed by atoms with E-state index >= 15 is 0 Å². The second-order valence-electron chi connectivity index (χ2n) is 4.91. The number of benzene rings is 1. The van der Waals surface area contributed by atoms with Gasteiger partial charge in [0.1, 0.15) is 5.76 Å². The molecule has 3 aromatic rings. The molecule has 1 aromatic carbocycles. The van der Waals surface area contributed by atoms with Gasteiger partial charge in [-0.25, -0.2) is 4.68 Å². The summed E-state index contributed by atoms with van der Waals surface area (Å²) in [5, 5.41) is 4.25. The van der Waals surface area contributed by atoms with Crippen molar-refractivity contribution in [2.75, 3.05) is 6.79 Å². The Balaban J connectivity index is 1.55. The van der Waals surface area contributed by atoms with Gasteiger partial charge < -0.3 is 13.9 Å². The average molecular weight is 308 g/mol. The molecule has 3 heterocycles. The van der Waals surface area contributed by atoms with Crippen molar-refractivity contribution >= 4 is 18.1 Å². The van der Waals surface area contributed by atoms with Crippen LogP contribution in [0.15, 0.2) is 53.3 Å². The molecule has 0 saturated heterocycles. The highest BCUT2D eigenvalue weighted by Crippen LogP contribution is 2.32. The third kappa shape index (κ3) is 2.62. The van der Waals surface area contributed by atoms with Crippen LogP contribution in [0, 0.1) is 0 Å². The molecule has 4 rings (SSSR count). The van der Waals surface area contributed by atoms with E-state index in [9.17, 15) is 4.79 Å². The summed E-state index contributed by atoms with van der Waals surface area (Å²) in [6.07, 6.45) is 6.79. The van der Waals surface area contributed by atoms with E-state index in [4.69, 9.17) is 13.9 Å². The third-order valence-corrected chi connectivity index (χ3v) is 3.40. The number of hydrogen-bond donors (Lipinski definition) is 0. The van der Waals surface area contributed by atoms with Crippen LogP contribution in [0.4, 0.5) is 0 Å². The Labute approximate surface area is 131 Å². The minimum Gasteiger partial charge on any atom is -0.465 e. The fourth-order valence-electron chi connectivity index (χ4n) is 2.26. The van der Waals surface area contributed by atoms with Crippen LogP contribution in [0.25, 0.3) is 12.2 Å². The molecule has 0 saturated carbocycles. The lowest BCUT2D eigenvalue weighted by atomic mass is 10.2. The number of fused-ring (bicyclic) bond motifs is 1. The zero-order chi connectivity index (χ0) is 15.6. The summed E-state index contributed by atoms with van der Waals surface area (Å²) >= 11 is 0. The van der Waals surface area contributed by atoms with E-state index < -0.39 is 0 Å². The molecule has 23 heavy (non-hydrogen) atoms. The Morgan fingerprint density at radius 2 is 2.04 bits per heavy atom. The first-order chi connectivity index (χ1) is 11.3. The normalized spacial score (nSPS) is 12.9. The maximum atomic E-state index is 12.5. The largest absolute Gasteiger partial charge is 0.465 e. The topological polar surface area (TPSA) is 66.5 Å². The number of ether oxygens (including phenoxy) is 2. The van der Waals surface area contributed by atoms with Crippen LogP contribution in [0.1, 0.15) is 21.8 Å². The van der Waals surface area contributed by atoms with Gasteiger partial charge in [-0.15, -0.1) is 0 Å². The predicted octanol–water partition coefficient (Wildman–Crippen LogP) is 3.06. The van der Waals surface area contributed by atoms with Crippen molar-refractivity contribution in [3.05, 3.63) is 65.9 Å². The van der Waals surface area contributed by atoms with Crippen molar-refractivity contribution in [1.82, 2.24) is 9.78 Å². The average Bonchev–Trinajstić information content (AvgIpc) is 3.31. The quantitative estimate of drug-likeness (QED) is 0.744. The summed E-state index contributed by atoms with van der Waals surface area (Å²) in [7, 11) is 0. The molecule has 114 valence electrons. The maximum absolute atomic E-state index is 12.5. The molecule has 1 aliphatic rings. The van der Waals surface area contributed by atoms with Crippen LogP contribution >= 0.6 is 0 Å². The molecule has 0 fully saturated rings. The van der Waals surface area contributed by atoms with E-state index in [1.165, 1.54) is 4.68 Å². The van der Waals surface area contributed by atoms with Gasteiger partial charge >= 0.3 is 0 Å². The standard InChI is InChI=1S/C17H12N2O4/c20-17(12-3-6-15-16(10-12)23-11-22-15)19-8-7-13(18-19)4-5-14-2-1-9-21-14/h1-10H,11H2/b5-4+. The first-order valence-electron chi connectivity index (χ1n) is 7.01. The molecule has 0 unspecified atom stereocenters. The van der Waals surface area contributed by atoms with Crippen molar-refractivity contribution in [2.24, 2.45) is 0 Å². The second-order valence-corrected chi connectivity index (χ2v) is 4.91. The van der Waals surface area contributed by atoms with Crippen LogP contribution in [0.2, 0.25) is 0 Å². The molecule has 1 aliphatic heterocycles. The van der Waals surface area contributed by atoms with E-state index in [2.05, 4.69) is 5.10 Å². The van der Waals surface area contributed by atoms with Gasteiger partial charge in [0, 0.05) is 11.8 Å². The predicted molar refractivity (Wildman–Crippen MR) is 82.2 cm³/mol. The number of hydrogen-bond acceptors (Lipinski definition) is 5. The highest BCUT2D eigenvalue weighted by Gasteiger charge is 2.17. The maximum Gasteiger partial charge on any atom is 0.278 e. The van der Waals surface area contributed by atoms with Gasteiger partial charge in [0.2, 0.25) is 6.79 Å². The van der Waals surface area contributed by atoms with E-state index in [-0.39, 0.29) is 12.7 Å². The van der Waals surface area contributed by atoms with Crippen LogP contribution in [0.3, 0.4) is 0 Å². The summed E-state index contributed by atoms with van der Waals surface area (Å²) in [5.74, 6) is 1.70. The zero-order valence-electron chi connectivity index (χ0n) is 12.0. The van der Waals surface area contributed by atoms with Crippen LogP contribution < -0.4 is 9.47 Å². The minimum atomic E-state index is -0.235. The Kier molecular flexibility index (Phi) is 3.20. The van der Waals surface area contributed by atoms with Gasteiger partial charge in [-0.05, 0) is 48.6 Å². The number of nitrogens with zero attached hydrogens (tertiary/aromatic N) is 2. The first-order valence-corrected chi connectivity index (χ1v) is 7.01. The van der Waals surface area contributed by atoms with Crippen LogP contribution in [-0.4, -0.2) is 22.5 Å². The monoisotopic (exact) mass is 308 g/mol. The van der Waals surface area contributed by atoms with Crippen molar-refractivity contribution in [3.63, 3.8) is 0 Å². The molecule has 0 atom stereocenters. The lowest BCUT2D eigenvalue weighted by Crippen LogP contribution is -2.12. The molecule has 0 spiro atoms. The molecule has 0 radical (unpaired) electrons. The van der Waals surface area contributed by atoms with Gasteiger partial charge in [-0.1, -0.05) is 0 Å². The number of rotatable bonds is 3. The Bertz CT molecular complexity index is 878. The summed E-state index contributed by atoms with van der Waals surface area (Å²) < 4.78 is 17.0. The molecular formula is C17H12N2O4. The Morgan fingerprint density at radius 1 is 1.13 bits per heavy atom.